The first-order valence-electron chi connectivity index (χ1n) is 5.45. The van der Waals surface area contributed by atoms with E-state index >= 15 is 0 Å². The maximum Gasteiger partial charge on any atom is 0.118 e. The molecule has 3 nitrogen and oxygen atoms in total. The van der Waals surface area contributed by atoms with Crippen LogP contribution in [0.4, 0.5) is 0 Å². The van der Waals surface area contributed by atoms with E-state index in [1.807, 2.05) is 0 Å². The fourth-order valence-electron chi connectivity index (χ4n) is 1.99. The Kier molecular flexibility index (Phi) is 3.02. The molecule has 0 spiro atoms. The number of benzene rings is 1. The van der Waals surface area contributed by atoms with Crippen molar-refractivity contribution in [3.8, 4) is 0 Å². The lowest BCUT2D eigenvalue weighted by atomic mass is 9.77. The van der Waals surface area contributed by atoms with Crippen LogP contribution in [0.25, 0.3) is 0 Å². The molecule has 0 saturated heterocycles. The van der Waals surface area contributed by atoms with Crippen molar-refractivity contribution in [2.75, 3.05) is 6.54 Å². The number of aliphatic imine (C=N–C) groups is 1. The molecule has 1 aliphatic carbocycles. The van der Waals surface area contributed by atoms with E-state index in [2.05, 4.69) is 41.6 Å². The number of rotatable bonds is 3. The Bertz CT molecular complexity index is 371. The summed E-state index contributed by atoms with van der Waals surface area (Å²) in [5.41, 5.74) is 5.51. The number of nitrogens with zero attached hydrogens (tertiary/aromatic N) is 1. The second-order valence-corrected chi connectivity index (χ2v) is 3.87. The second-order valence-electron chi connectivity index (χ2n) is 3.87. The summed E-state index contributed by atoms with van der Waals surface area (Å²) in [6.45, 7) is 2.96. The molecule has 1 atom stereocenters. The number of hydrogen-bond acceptors (Lipinski definition) is 2. The Labute approximate surface area is 90.4 Å². The lowest BCUT2D eigenvalue weighted by Crippen LogP contribution is -2.39. The van der Waals surface area contributed by atoms with Crippen LogP contribution in [0.5, 0.6) is 0 Å². The molecular formula is C12H17N3. The number of hydrazine groups is 1. The molecule has 80 valence electrons. The lowest BCUT2D eigenvalue weighted by Gasteiger charge is -2.30. The minimum absolute atomic E-state index is 0.387. The third-order valence-corrected chi connectivity index (χ3v) is 2.84. The molecule has 0 aliphatic heterocycles. The van der Waals surface area contributed by atoms with Crippen LogP contribution in [0, 0.1) is 0 Å². The summed E-state index contributed by atoms with van der Waals surface area (Å²) in [5, 5.41) is 0. The van der Waals surface area contributed by atoms with Crippen molar-refractivity contribution in [2.24, 2.45) is 10.8 Å². The monoisotopic (exact) mass is 203 g/mol. The third-order valence-electron chi connectivity index (χ3n) is 2.84. The van der Waals surface area contributed by atoms with Gasteiger partial charge in [0.05, 0.1) is 0 Å². The quantitative estimate of drug-likeness (QED) is 0.339. The van der Waals surface area contributed by atoms with E-state index in [4.69, 9.17) is 5.84 Å². The Morgan fingerprint density at radius 1 is 1.53 bits per heavy atom. The third kappa shape index (κ3) is 1.88. The molecule has 0 bridgehead atoms. The van der Waals surface area contributed by atoms with Gasteiger partial charge in [-0.2, -0.15) is 0 Å². The van der Waals surface area contributed by atoms with Gasteiger partial charge in [0, 0.05) is 12.5 Å². The van der Waals surface area contributed by atoms with Gasteiger partial charge in [-0.25, -0.2) is 5.84 Å². The van der Waals surface area contributed by atoms with E-state index < -0.39 is 0 Å². The predicted molar refractivity (Wildman–Crippen MR) is 62.8 cm³/mol. The van der Waals surface area contributed by atoms with Gasteiger partial charge in [0.25, 0.3) is 0 Å². The first kappa shape index (κ1) is 10.2. The highest BCUT2D eigenvalue weighted by Gasteiger charge is 2.29. The van der Waals surface area contributed by atoms with E-state index in [1.165, 1.54) is 11.1 Å². The van der Waals surface area contributed by atoms with Crippen LogP contribution < -0.4 is 11.3 Å². The molecule has 1 aliphatic rings. The van der Waals surface area contributed by atoms with Crippen LogP contribution in [-0.4, -0.2) is 12.4 Å². The molecule has 3 N–H and O–H groups in total. The summed E-state index contributed by atoms with van der Waals surface area (Å²) < 4.78 is 0. The van der Waals surface area contributed by atoms with Crippen molar-refractivity contribution in [3.05, 3.63) is 35.4 Å². The maximum absolute atomic E-state index is 5.50. The molecule has 1 unspecified atom stereocenters. The van der Waals surface area contributed by atoms with E-state index in [0.29, 0.717) is 5.92 Å². The Morgan fingerprint density at radius 2 is 2.33 bits per heavy atom. The van der Waals surface area contributed by atoms with Gasteiger partial charge in [0.15, 0.2) is 0 Å². The molecule has 0 fully saturated rings. The number of nitrogens with two attached hydrogens (primary N) is 1. The lowest BCUT2D eigenvalue weighted by molar-refractivity contribution is 0.725. The predicted octanol–water partition coefficient (Wildman–Crippen LogP) is 1.60. The summed E-state index contributed by atoms with van der Waals surface area (Å²) in [6.07, 6.45) is 2.11. The van der Waals surface area contributed by atoms with Crippen LogP contribution in [0.3, 0.4) is 0 Å². The fourth-order valence-corrected chi connectivity index (χ4v) is 1.99. The molecule has 0 saturated carbocycles. The average molecular weight is 203 g/mol. The summed E-state index contributed by atoms with van der Waals surface area (Å²) in [6, 6.07) is 8.47. The fraction of sp³-hybridized carbons (Fsp3) is 0.417. The van der Waals surface area contributed by atoms with Gasteiger partial charge in [-0.15, -0.1) is 0 Å². The minimum Gasteiger partial charge on any atom is -0.312 e. The average Bonchev–Trinajstić information content (AvgIpc) is 2.24. The highest BCUT2D eigenvalue weighted by molar-refractivity contribution is 5.91. The number of fused-ring (bicyclic) bond motifs is 1. The van der Waals surface area contributed by atoms with Gasteiger partial charge in [0.1, 0.15) is 5.84 Å². The highest BCUT2D eigenvalue weighted by atomic mass is 15.3. The SMILES string of the molecule is CCCN=C(NN)C1Cc2ccccc21. The van der Waals surface area contributed by atoms with E-state index in [1.54, 1.807) is 0 Å². The molecule has 0 radical (unpaired) electrons. The zero-order valence-electron chi connectivity index (χ0n) is 9.03. The van der Waals surface area contributed by atoms with Crippen LogP contribution in [0.15, 0.2) is 29.3 Å². The number of nitrogens with one attached hydrogen (secondary N) is 1. The van der Waals surface area contributed by atoms with E-state index in [-0.39, 0.29) is 0 Å². The topological polar surface area (TPSA) is 50.4 Å². The standard InChI is InChI=1S/C12H17N3/c1-2-7-14-12(15-13)11-8-9-5-3-4-6-10(9)11/h3-6,11H,2,7-8,13H2,1H3,(H,14,15). The zero-order chi connectivity index (χ0) is 10.7. The highest BCUT2D eigenvalue weighted by Crippen LogP contribution is 2.35. The molecule has 1 aromatic carbocycles. The number of amidine groups is 1. The zero-order valence-corrected chi connectivity index (χ0v) is 9.03. The summed E-state index contributed by atoms with van der Waals surface area (Å²) in [4.78, 5) is 4.46. The van der Waals surface area contributed by atoms with Crippen LogP contribution in [-0.2, 0) is 6.42 Å². The van der Waals surface area contributed by atoms with Gasteiger partial charge in [0.2, 0.25) is 0 Å². The van der Waals surface area contributed by atoms with Crippen molar-refractivity contribution in [1.82, 2.24) is 5.43 Å². The van der Waals surface area contributed by atoms with Crippen molar-refractivity contribution in [2.45, 2.75) is 25.7 Å². The normalized spacial score (nSPS) is 19.3. The van der Waals surface area contributed by atoms with Gasteiger partial charge in [-0.1, -0.05) is 31.2 Å². The minimum atomic E-state index is 0.387. The van der Waals surface area contributed by atoms with Crippen molar-refractivity contribution >= 4 is 5.84 Å². The molecule has 0 amide bonds. The molecule has 2 rings (SSSR count). The summed E-state index contributed by atoms with van der Waals surface area (Å²) in [7, 11) is 0. The second kappa shape index (κ2) is 4.45. The van der Waals surface area contributed by atoms with Gasteiger partial charge < -0.3 is 5.43 Å². The Hall–Kier alpha value is -1.35. The van der Waals surface area contributed by atoms with Crippen molar-refractivity contribution in [1.29, 1.82) is 0 Å². The van der Waals surface area contributed by atoms with Crippen LogP contribution in [0.2, 0.25) is 0 Å². The van der Waals surface area contributed by atoms with Crippen molar-refractivity contribution < 1.29 is 0 Å². The molecule has 3 heteroatoms. The smallest absolute Gasteiger partial charge is 0.118 e. The summed E-state index contributed by atoms with van der Waals surface area (Å²) in [5.74, 6) is 6.81. The van der Waals surface area contributed by atoms with Gasteiger partial charge >= 0.3 is 0 Å². The maximum atomic E-state index is 5.50. The molecule has 1 aromatic rings. The molecule has 15 heavy (non-hydrogen) atoms. The molecular weight excluding hydrogens is 186 g/mol. The van der Waals surface area contributed by atoms with Crippen LogP contribution >= 0.6 is 0 Å². The molecule has 0 heterocycles. The number of hydrogen-bond donors (Lipinski definition) is 2. The largest absolute Gasteiger partial charge is 0.312 e. The van der Waals surface area contributed by atoms with Gasteiger partial charge in [-0.3, -0.25) is 4.99 Å². The first-order chi connectivity index (χ1) is 7.36. The van der Waals surface area contributed by atoms with Crippen molar-refractivity contribution in [3.63, 3.8) is 0 Å². The van der Waals surface area contributed by atoms with E-state index in [9.17, 15) is 0 Å². The van der Waals surface area contributed by atoms with Gasteiger partial charge in [-0.05, 0) is 24.0 Å². The first-order valence-corrected chi connectivity index (χ1v) is 5.45. The Balaban J connectivity index is 2.14. The van der Waals surface area contributed by atoms with E-state index in [0.717, 1.165) is 25.2 Å². The Morgan fingerprint density at radius 3 is 3.00 bits per heavy atom. The van der Waals surface area contributed by atoms with Crippen LogP contribution in [0.1, 0.15) is 30.4 Å². The molecule has 0 aromatic heterocycles. The summed E-state index contributed by atoms with van der Waals surface area (Å²) >= 11 is 0.